The van der Waals surface area contributed by atoms with Crippen molar-refractivity contribution in [3.63, 3.8) is 0 Å². The van der Waals surface area contributed by atoms with Crippen LogP contribution < -0.4 is 5.32 Å². The van der Waals surface area contributed by atoms with E-state index in [0.29, 0.717) is 5.41 Å². The molecule has 2 fully saturated rings. The average molecular weight is 285 g/mol. The van der Waals surface area contributed by atoms with Gasteiger partial charge >= 0.3 is 0 Å². The van der Waals surface area contributed by atoms with Crippen LogP contribution in [0.15, 0.2) is 29.2 Å². The van der Waals surface area contributed by atoms with E-state index in [9.17, 15) is 13.5 Å². The van der Waals surface area contributed by atoms with Crippen LogP contribution in [0.3, 0.4) is 0 Å². The zero-order valence-corrected chi connectivity index (χ0v) is 11.7. The van der Waals surface area contributed by atoms with Gasteiger partial charge in [0.15, 0.2) is 0 Å². The second kappa shape index (κ2) is 5.20. The van der Waals surface area contributed by atoms with Gasteiger partial charge in [-0.25, -0.2) is 0 Å². The van der Waals surface area contributed by atoms with Gasteiger partial charge in [0.2, 0.25) is 0 Å². The van der Waals surface area contributed by atoms with Crippen LogP contribution in [0.1, 0.15) is 18.4 Å². The molecule has 1 unspecified atom stereocenters. The number of hydrogen-bond donors (Lipinski definition) is 3. The van der Waals surface area contributed by atoms with Crippen molar-refractivity contribution in [2.75, 3.05) is 13.1 Å². The summed E-state index contributed by atoms with van der Waals surface area (Å²) in [7, 11) is -4.02. The van der Waals surface area contributed by atoms with Gasteiger partial charge < -0.3 is 10.4 Å². The molecule has 3 rings (SSSR count). The van der Waals surface area contributed by atoms with E-state index >= 15 is 0 Å². The number of aryl methyl sites for hydroxylation is 1. The Bertz CT molecular complexity index is 529. The molecule has 1 saturated carbocycles. The van der Waals surface area contributed by atoms with Crippen molar-refractivity contribution in [3.8, 4) is 0 Å². The molecule has 0 amide bonds. The lowest BCUT2D eigenvalue weighted by Gasteiger charge is -2.53. The smallest absolute Gasteiger partial charge is 0.294 e. The zero-order chi connectivity index (χ0) is 14.1. The van der Waals surface area contributed by atoms with Crippen LogP contribution in [0.5, 0.6) is 0 Å². The average Bonchev–Trinajstić information content (AvgIpc) is 2.25. The predicted octanol–water partition coefficient (Wildman–Crippen LogP) is 0.972. The number of aliphatic hydroxyl groups is 1. The minimum Gasteiger partial charge on any atom is -0.392 e. The van der Waals surface area contributed by atoms with Gasteiger partial charge in [0, 0.05) is 18.5 Å². The van der Waals surface area contributed by atoms with E-state index in [-0.39, 0.29) is 11.0 Å². The summed E-state index contributed by atoms with van der Waals surface area (Å²) in [5.41, 5.74) is 1.30. The van der Waals surface area contributed by atoms with Gasteiger partial charge in [-0.3, -0.25) is 4.55 Å². The van der Waals surface area contributed by atoms with Crippen molar-refractivity contribution < 1.29 is 18.1 Å². The van der Waals surface area contributed by atoms with E-state index in [1.165, 1.54) is 18.6 Å². The van der Waals surface area contributed by atoms with Crippen LogP contribution in [0, 0.1) is 12.3 Å². The topological polar surface area (TPSA) is 86.6 Å². The molecule has 19 heavy (non-hydrogen) atoms. The molecule has 2 aliphatic rings. The Balaban J connectivity index is 0.000000146. The molecule has 3 N–H and O–H groups in total. The highest BCUT2D eigenvalue weighted by Gasteiger charge is 2.49. The van der Waals surface area contributed by atoms with Gasteiger partial charge in [0.1, 0.15) is 0 Å². The summed E-state index contributed by atoms with van der Waals surface area (Å²) in [6.07, 6.45) is 2.28. The quantitative estimate of drug-likeness (QED) is 0.669. The van der Waals surface area contributed by atoms with E-state index in [0.717, 1.165) is 25.1 Å². The van der Waals surface area contributed by atoms with E-state index in [1.54, 1.807) is 12.1 Å². The summed E-state index contributed by atoms with van der Waals surface area (Å²) in [4.78, 5) is -0.0666. The monoisotopic (exact) mass is 285 g/mol. The SMILES string of the molecule is Cc1ccc(S(=O)(=O)O)cc1.OC1CCC12CNC2. The Morgan fingerprint density at radius 3 is 2.05 bits per heavy atom. The molecule has 0 bridgehead atoms. The number of nitrogens with one attached hydrogen (secondary N) is 1. The highest BCUT2D eigenvalue weighted by atomic mass is 32.2. The fraction of sp³-hybridized carbons (Fsp3) is 0.538. The molecule has 6 heteroatoms. The first kappa shape index (κ1) is 14.5. The Kier molecular flexibility index (Phi) is 3.96. The zero-order valence-electron chi connectivity index (χ0n) is 10.8. The molecular weight excluding hydrogens is 266 g/mol. The summed E-state index contributed by atoms with van der Waals surface area (Å²) >= 11 is 0. The van der Waals surface area contributed by atoms with Gasteiger partial charge in [0.25, 0.3) is 10.1 Å². The molecule has 106 valence electrons. The normalized spacial score (nSPS) is 23.8. The minimum absolute atomic E-state index is 0.0174. The molecule has 1 saturated heterocycles. The molecule has 0 aromatic heterocycles. The summed E-state index contributed by atoms with van der Waals surface area (Å²) in [6, 6.07) is 5.99. The third kappa shape index (κ3) is 3.14. The van der Waals surface area contributed by atoms with Gasteiger partial charge in [-0.1, -0.05) is 17.7 Å². The van der Waals surface area contributed by atoms with Crippen molar-refractivity contribution in [2.45, 2.75) is 30.8 Å². The predicted molar refractivity (Wildman–Crippen MR) is 71.5 cm³/mol. The molecule has 1 aromatic rings. The number of hydrogen-bond acceptors (Lipinski definition) is 4. The Labute approximate surface area is 113 Å². The van der Waals surface area contributed by atoms with Crippen LogP contribution >= 0.6 is 0 Å². The van der Waals surface area contributed by atoms with Crippen LogP contribution in [0.25, 0.3) is 0 Å². The lowest BCUT2D eigenvalue weighted by Crippen LogP contribution is -2.65. The second-order valence-corrected chi connectivity index (χ2v) is 6.73. The summed E-state index contributed by atoms with van der Waals surface area (Å²) in [5, 5.41) is 12.4. The van der Waals surface area contributed by atoms with Crippen molar-refractivity contribution in [3.05, 3.63) is 29.8 Å². The number of aliphatic hydroxyl groups excluding tert-OH is 1. The summed E-state index contributed by atoms with van der Waals surface area (Å²) in [6.45, 7) is 3.94. The van der Waals surface area contributed by atoms with Crippen molar-refractivity contribution in [2.24, 2.45) is 5.41 Å². The standard InChI is InChI=1S/C7H8O3S.C6H11NO/c1-6-2-4-7(5-3-6)11(8,9)10;8-5-1-2-6(5)3-7-4-6/h2-5H,1H3,(H,8,9,10);5,7-8H,1-4H2. The fourth-order valence-corrected chi connectivity index (χ4v) is 2.73. The molecular formula is C13H19NO4S. The van der Waals surface area contributed by atoms with Crippen LogP contribution in [0.2, 0.25) is 0 Å². The Morgan fingerprint density at radius 2 is 1.84 bits per heavy atom. The molecule has 1 atom stereocenters. The number of rotatable bonds is 1. The largest absolute Gasteiger partial charge is 0.392 e. The fourth-order valence-electron chi connectivity index (χ4n) is 2.25. The van der Waals surface area contributed by atoms with Crippen molar-refractivity contribution in [1.29, 1.82) is 0 Å². The van der Waals surface area contributed by atoms with Crippen LogP contribution in [-0.4, -0.2) is 37.3 Å². The first-order valence-corrected chi connectivity index (χ1v) is 7.70. The van der Waals surface area contributed by atoms with Crippen LogP contribution in [-0.2, 0) is 10.1 Å². The second-order valence-electron chi connectivity index (χ2n) is 5.31. The molecule has 5 nitrogen and oxygen atoms in total. The lowest BCUT2D eigenvalue weighted by atomic mass is 9.62. The molecule has 1 heterocycles. The van der Waals surface area contributed by atoms with Gasteiger partial charge in [0.05, 0.1) is 11.0 Å². The molecule has 1 aliphatic heterocycles. The van der Waals surface area contributed by atoms with E-state index < -0.39 is 10.1 Å². The van der Waals surface area contributed by atoms with E-state index in [1.807, 2.05) is 6.92 Å². The highest BCUT2D eigenvalue weighted by molar-refractivity contribution is 7.85. The molecule has 1 aromatic carbocycles. The maximum absolute atomic E-state index is 10.5. The first-order valence-electron chi connectivity index (χ1n) is 6.26. The lowest BCUT2D eigenvalue weighted by molar-refractivity contribution is -0.0967. The summed E-state index contributed by atoms with van der Waals surface area (Å²) in [5.74, 6) is 0. The maximum Gasteiger partial charge on any atom is 0.294 e. The van der Waals surface area contributed by atoms with Crippen molar-refractivity contribution >= 4 is 10.1 Å². The first-order chi connectivity index (χ1) is 8.83. The van der Waals surface area contributed by atoms with Crippen molar-refractivity contribution in [1.82, 2.24) is 5.32 Å². The molecule has 0 radical (unpaired) electrons. The molecule has 1 aliphatic carbocycles. The highest BCUT2D eigenvalue weighted by Crippen LogP contribution is 2.43. The Hall–Kier alpha value is -0.950. The Morgan fingerprint density at radius 1 is 1.26 bits per heavy atom. The third-order valence-corrected chi connectivity index (χ3v) is 4.76. The van der Waals surface area contributed by atoms with Gasteiger partial charge in [-0.05, 0) is 31.9 Å². The molecule has 1 spiro atoms. The summed E-state index contributed by atoms with van der Waals surface area (Å²) < 4.78 is 29.6. The van der Waals surface area contributed by atoms with Crippen LogP contribution in [0.4, 0.5) is 0 Å². The van der Waals surface area contributed by atoms with Gasteiger partial charge in [-0.15, -0.1) is 0 Å². The maximum atomic E-state index is 10.5. The minimum atomic E-state index is -4.02. The number of benzene rings is 1. The third-order valence-electron chi connectivity index (χ3n) is 3.90. The van der Waals surface area contributed by atoms with E-state index in [2.05, 4.69) is 5.32 Å². The van der Waals surface area contributed by atoms with Gasteiger partial charge in [-0.2, -0.15) is 8.42 Å². The van der Waals surface area contributed by atoms with E-state index in [4.69, 9.17) is 4.55 Å².